The van der Waals surface area contributed by atoms with Crippen molar-refractivity contribution < 1.29 is 9.84 Å². The number of aliphatic hydroxyl groups excluding tert-OH is 1. The number of rotatable bonds is 7. The van der Waals surface area contributed by atoms with Gasteiger partial charge in [0.15, 0.2) is 0 Å². The lowest BCUT2D eigenvalue weighted by molar-refractivity contribution is 0.107. The van der Waals surface area contributed by atoms with Crippen LogP contribution in [0.3, 0.4) is 0 Å². The van der Waals surface area contributed by atoms with Crippen molar-refractivity contribution >= 4 is 15.9 Å². The van der Waals surface area contributed by atoms with E-state index in [-0.39, 0.29) is 12.0 Å². The van der Waals surface area contributed by atoms with E-state index in [1.165, 1.54) is 0 Å². The van der Waals surface area contributed by atoms with Crippen LogP contribution < -0.4 is 10.5 Å². The molecule has 19 heavy (non-hydrogen) atoms. The lowest BCUT2D eigenvalue weighted by Crippen LogP contribution is -2.38. The topological polar surface area (TPSA) is 55.5 Å². The molecule has 0 aliphatic rings. The van der Waals surface area contributed by atoms with Gasteiger partial charge in [-0.25, -0.2) is 0 Å². The highest BCUT2D eigenvalue weighted by Gasteiger charge is 2.30. The molecule has 1 aromatic carbocycles. The van der Waals surface area contributed by atoms with Crippen molar-refractivity contribution in [2.75, 3.05) is 20.3 Å². The number of benzene rings is 1. The molecular weight excluding hydrogens is 306 g/mol. The fourth-order valence-electron chi connectivity index (χ4n) is 2.57. The van der Waals surface area contributed by atoms with E-state index in [9.17, 15) is 5.11 Å². The van der Waals surface area contributed by atoms with Crippen LogP contribution in [0.1, 0.15) is 25.8 Å². The summed E-state index contributed by atoms with van der Waals surface area (Å²) in [5.41, 5.74) is 6.74. The van der Waals surface area contributed by atoms with Gasteiger partial charge in [-0.1, -0.05) is 29.8 Å². The highest BCUT2D eigenvalue weighted by Crippen LogP contribution is 2.34. The molecule has 0 aromatic heterocycles. The van der Waals surface area contributed by atoms with Gasteiger partial charge in [0.25, 0.3) is 0 Å². The number of halogens is 1. The van der Waals surface area contributed by atoms with Gasteiger partial charge in [-0.2, -0.15) is 0 Å². The summed E-state index contributed by atoms with van der Waals surface area (Å²) in [6, 6.07) is 5.93. The van der Waals surface area contributed by atoms with Gasteiger partial charge < -0.3 is 15.6 Å². The van der Waals surface area contributed by atoms with E-state index < -0.39 is 0 Å². The maximum absolute atomic E-state index is 9.79. The Morgan fingerprint density at radius 3 is 2.58 bits per heavy atom. The first kappa shape index (κ1) is 16.5. The fourth-order valence-corrected chi connectivity index (χ4v) is 2.98. The third-order valence-corrected chi connectivity index (χ3v) is 3.91. The Kier molecular flexibility index (Phi) is 6.30. The summed E-state index contributed by atoms with van der Waals surface area (Å²) >= 11 is 3.48. The predicted octanol–water partition coefficient (Wildman–Crippen LogP) is 2.98. The molecule has 1 rings (SSSR count). The Morgan fingerprint density at radius 1 is 1.42 bits per heavy atom. The van der Waals surface area contributed by atoms with Gasteiger partial charge >= 0.3 is 0 Å². The summed E-state index contributed by atoms with van der Waals surface area (Å²) in [4.78, 5) is 0. The third kappa shape index (κ3) is 4.48. The van der Waals surface area contributed by atoms with Crippen molar-refractivity contribution in [1.29, 1.82) is 0 Å². The number of methoxy groups -OCH3 is 1. The first-order valence-corrected chi connectivity index (χ1v) is 7.39. The molecule has 0 aliphatic heterocycles. The Bertz CT molecular complexity index is 403. The molecule has 0 heterocycles. The first-order chi connectivity index (χ1) is 8.96. The zero-order valence-electron chi connectivity index (χ0n) is 11.9. The summed E-state index contributed by atoms with van der Waals surface area (Å²) in [5.74, 6) is 1.34. The fraction of sp³-hybridized carbons (Fsp3) is 0.600. The van der Waals surface area contributed by atoms with Gasteiger partial charge in [0.05, 0.1) is 13.7 Å². The summed E-state index contributed by atoms with van der Waals surface area (Å²) in [6.45, 7) is 4.87. The number of ether oxygens (including phenoxy) is 1. The Morgan fingerprint density at radius 2 is 2.11 bits per heavy atom. The van der Waals surface area contributed by atoms with Crippen LogP contribution in [0.4, 0.5) is 0 Å². The van der Waals surface area contributed by atoms with E-state index in [4.69, 9.17) is 10.5 Å². The second-order valence-corrected chi connectivity index (χ2v) is 6.51. The molecule has 1 atom stereocenters. The SMILES string of the molecule is COc1ccc(Br)cc1CC(CN)(CO)CC(C)C. The molecule has 108 valence electrons. The van der Waals surface area contributed by atoms with Crippen molar-refractivity contribution in [2.45, 2.75) is 26.7 Å². The van der Waals surface area contributed by atoms with Gasteiger partial charge in [-0.3, -0.25) is 0 Å². The Balaban J connectivity index is 3.05. The van der Waals surface area contributed by atoms with E-state index in [1.807, 2.05) is 18.2 Å². The van der Waals surface area contributed by atoms with Gasteiger partial charge in [-0.15, -0.1) is 0 Å². The second kappa shape index (κ2) is 7.27. The lowest BCUT2D eigenvalue weighted by atomic mass is 9.76. The molecule has 3 nitrogen and oxygen atoms in total. The number of aliphatic hydroxyl groups is 1. The molecule has 1 unspecified atom stereocenters. The summed E-state index contributed by atoms with van der Waals surface area (Å²) in [5, 5.41) is 9.79. The summed E-state index contributed by atoms with van der Waals surface area (Å²) in [6.07, 6.45) is 1.62. The molecule has 0 bridgehead atoms. The number of hydrogen-bond donors (Lipinski definition) is 2. The molecule has 1 aromatic rings. The van der Waals surface area contributed by atoms with Crippen LogP contribution in [-0.2, 0) is 6.42 Å². The summed E-state index contributed by atoms with van der Waals surface area (Å²) < 4.78 is 6.41. The van der Waals surface area contributed by atoms with Crippen molar-refractivity contribution in [2.24, 2.45) is 17.1 Å². The molecular formula is C15H24BrNO2. The van der Waals surface area contributed by atoms with E-state index in [2.05, 4.69) is 29.8 Å². The minimum Gasteiger partial charge on any atom is -0.496 e. The largest absolute Gasteiger partial charge is 0.496 e. The molecule has 0 fully saturated rings. The van der Waals surface area contributed by atoms with Gasteiger partial charge in [0, 0.05) is 16.4 Å². The van der Waals surface area contributed by atoms with Crippen molar-refractivity contribution in [3.8, 4) is 5.75 Å². The molecule has 3 N–H and O–H groups in total. The van der Waals surface area contributed by atoms with E-state index >= 15 is 0 Å². The van der Waals surface area contributed by atoms with Gasteiger partial charge in [0.2, 0.25) is 0 Å². The van der Waals surface area contributed by atoms with Crippen molar-refractivity contribution in [3.05, 3.63) is 28.2 Å². The second-order valence-electron chi connectivity index (χ2n) is 5.59. The minimum atomic E-state index is -0.276. The first-order valence-electron chi connectivity index (χ1n) is 6.59. The number of hydrogen-bond acceptors (Lipinski definition) is 3. The highest BCUT2D eigenvalue weighted by atomic mass is 79.9. The average molecular weight is 330 g/mol. The normalized spacial score (nSPS) is 14.5. The summed E-state index contributed by atoms with van der Waals surface area (Å²) in [7, 11) is 1.66. The van der Waals surface area contributed by atoms with Crippen molar-refractivity contribution in [3.63, 3.8) is 0 Å². The smallest absolute Gasteiger partial charge is 0.122 e. The van der Waals surface area contributed by atoms with Crippen LogP contribution in [0.25, 0.3) is 0 Å². The maximum atomic E-state index is 9.79. The number of nitrogens with two attached hydrogens (primary N) is 1. The zero-order chi connectivity index (χ0) is 14.5. The molecule has 0 aliphatic carbocycles. The molecule has 0 radical (unpaired) electrons. The molecule has 0 amide bonds. The van der Waals surface area contributed by atoms with E-state index in [0.29, 0.717) is 12.5 Å². The standard InChI is InChI=1S/C15H24BrNO2/c1-11(2)7-15(9-17,10-18)8-12-6-13(16)4-5-14(12)19-3/h4-6,11,18H,7-10,17H2,1-3H3. The van der Waals surface area contributed by atoms with Crippen LogP contribution in [0.2, 0.25) is 0 Å². The average Bonchev–Trinajstić information content (AvgIpc) is 2.37. The third-order valence-electron chi connectivity index (χ3n) is 3.42. The highest BCUT2D eigenvalue weighted by molar-refractivity contribution is 9.10. The quantitative estimate of drug-likeness (QED) is 0.808. The van der Waals surface area contributed by atoms with Crippen LogP contribution >= 0.6 is 15.9 Å². The zero-order valence-corrected chi connectivity index (χ0v) is 13.5. The monoisotopic (exact) mass is 329 g/mol. The Hall–Kier alpha value is -0.580. The van der Waals surface area contributed by atoms with Gasteiger partial charge in [0.1, 0.15) is 5.75 Å². The van der Waals surface area contributed by atoms with Crippen molar-refractivity contribution in [1.82, 2.24) is 0 Å². The van der Waals surface area contributed by atoms with Crippen LogP contribution in [-0.4, -0.2) is 25.4 Å². The van der Waals surface area contributed by atoms with Crippen LogP contribution in [0.15, 0.2) is 22.7 Å². The molecule has 0 saturated heterocycles. The van der Waals surface area contributed by atoms with Crippen LogP contribution in [0.5, 0.6) is 5.75 Å². The van der Waals surface area contributed by atoms with Crippen LogP contribution in [0, 0.1) is 11.3 Å². The van der Waals surface area contributed by atoms with E-state index in [0.717, 1.165) is 28.6 Å². The van der Waals surface area contributed by atoms with E-state index in [1.54, 1.807) is 7.11 Å². The Labute approximate surface area is 124 Å². The lowest BCUT2D eigenvalue weighted by Gasteiger charge is -2.33. The molecule has 0 saturated carbocycles. The predicted molar refractivity (Wildman–Crippen MR) is 82.4 cm³/mol. The van der Waals surface area contributed by atoms with Gasteiger partial charge in [-0.05, 0) is 42.5 Å². The molecule has 4 heteroatoms. The minimum absolute atomic E-state index is 0.0946. The maximum Gasteiger partial charge on any atom is 0.122 e. The molecule has 0 spiro atoms.